The van der Waals surface area contributed by atoms with E-state index in [9.17, 15) is 4.57 Å². The van der Waals surface area contributed by atoms with E-state index in [1.165, 1.54) is 6.33 Å². The minimum absolute atomic E-state index is 0.246. The molecule has 3 heterocycles. The van der Waals surface area contributed by atoms with Gasteiger partial charge in [0.25, 0.3) is 0 Å². The van der Waals surface area contributed by atoms with Crippen LogP contribution in [0, 0.1) is 0 Å². The number of nitrogens with zero attached hydrogens (tertiary/aromatic N) is 4. The van der Waals surface area contributed by atoms with Crippen LogP contribution in [0.4, 0.5) is 5.82 Å². The van der Waals surface area contributed by atoms with Crippen molar-refractivity contribution in [3.8, 4) is 11.5 Å². The molecule has 0 aliphatic carbocycles. The lowest BCUT2D eigenvalue weighted by molar-refractivity contribution is -0.0193. The highest BCUT2D eigenvalue weighted by atomic mass is 33.1. The molecule has 1 aliphatic heterocycles. The van der Waals surface area contributed by atoms with Gasteiger partial charge in [-0.25, -0.2) is 19.5 Å². The first-order valence-electron chi connectivity index (χ1n) is 13.0. The predicted octanol–water partition coefficient (Wildman–Crippen LogP) is 5.42. The van der Waals surface area contributed by atoms with Gasteiger partial charge in [-0.2, -0.15) is 0 Å². The number of nitrogens with two attached hydrogens (primary N) is 1. The van der Waals surface area contributed by atoms with E-state index in [1.54, 1.807) is 47.2 Å². The van der Waals surface area contributed by atoms with Crippen molar-refractivity contribution in [2.24, 2.45) is 0 Å². The fraction of sp³-hybridized carbons (Fsp3) is 0.370. The molecule has 218 valence electrons. The lowest BCUT2D eigenvalue weighted by Gasteiger charge is -2.33. The summed E-state index contributed by atoms with van der Waals surface area (Å²) in [5.41, 5.74) is 8.01. The number of anilines is 1. The maximum absolute atomic E-state index is 14.2. The average molecular weight is 618 g/mol. The van der Waals surface area contributed by atoms with E-state index in [1.807, 2.05) is 54.0 Å². The molecule has 0 bridgehead atoms. The van der Waals surface area contributed by atoms with Gasteiger partial charge in [-0.05, 0) is 36.8 Å². The molecule has 2 N–H and O–H groups in total. The van der Waals surface area contributed by atoms with Gasteiger partial charge in [0.05, 0.1) is 38.8 Å². The fourth-order valence-corrected chi connectivity index (χ4v) is 8.37. The fourth-order valence-electron chi connectivity index (χ4n) is 4.17. The monoisotopic (exact) mass is 617 g/mol. The molecule has 1 unspecified atom stereocenters. The van der Waals surface area contributed by atoms with Crippen LogP contribution in [0.25, 0.3) is 11.2 Å². The highest BCUT2D eigenvalue weighted by Crippen LogP contribution is 2.52. The van der Waals surface area contributed by atoms with Gasteiger partial charge in [-0.15, -0.1) is 0 Å². The topological polar surface area (TPSA) is 133 Å². The van der Waals surface area contributed by atoms with Crippen LogP contribution in [0.2, 0.25) is 0 Å². The quantitative estimate of drug-likeness (QED) is 0.152. The third-order valence-electron chi connectivity index (χ3n) is 6.25. The van der Waals surface area contributed by atoms with E-state index in [-0.39, 0.29) is 18.6 Å². The van der Waals surface area contributed by atoms with Crippen LogP contribution < -0.4 is 15.0 Å². The van der Waals surface area contributed by atoms with Crippen LogP contribution in [0.1, 0.15) is 12.5 Å². The highest BCUT2D eigenvalue weighted by molar-refractivity contribution is 8.76. The molecule has 41 heavy (non-hydrogen) atoms. The molecule has 5 rings (SSSR count). The third-order valence-corrected chi connectivity index (χ3v) is 10.2. The molecule has 14 heteroatoms. The van der Waals surface area contributed by atoms with Gasteiger partial charge in [-0.1, -0.05) is 51.9 Å². The Morgan fingerprint density at radius 1 is 1.05 bits per heavy atom. The maximum atomic E-state index is 14.2. The Labute approximate surface area is 246 Å². The van der Waals surface area contributed by atoms with E-state index >= 15 is 0 Å². The molecule has 11 nitrogen and oxygen atoms in total. The van der Waals surface area contributed by atoms with E-state index < -0.39 is 13.7 Å². The Morgan fingerprint density at radius 2 is 1.83 bits per heavy atom. The number of imidazole rings is 1. The SMILES string of the molecule is COc1cccc(CO[C@H]2CSSC[C@@H]2OP(=O)(CO[C@H](C)Cn2cnc3c(N)ncnc32)Oc2ccccc2)c1. The first kappa shape index (κ1) is 29.7. The average Bonchev–Trinajstić information content (AvgIpc) is 3.40. The number of ether oxygens (including phenoxy) is 3. The molecule has 1 saturated heterocycles. The molecule has 0 radical (unpaired) electrons. The molecule has 1 aliphatic rings. The summed E-state index contributed by atoms with van der Waals surface area (Å²) in [6.07, 6.45) is 1.66. The van der Waals surface area contributed by atoms with Crippen molar-refractivity contribution in [2.75, 3.05) is 30.7 Å². The van der Waals surface area contributed by atoms with E-state index in [0.29, 0.717) is 47.4 Å². The minimum atomic E-state index is -3.77. The summed E-state index contributed by atoms with van der Waals surface area (Å²) in [5, 5.41) is 0. The summed E-state index contributed by atoms with van der Waals surface area (Å²) in [5.74, 6) is 2.78. The van der Waals surface area contributed by atoms with Crippen LogP contribution in [-0.2, 0) is 31.7 Å². The van der Waals surface area contributed by atoms with E-state index in [4.69, 9.17) is 29.0 Å². The van der Waals surface area contributed by atoms with Gasteiger partial charge >= 0.3 is 7.60 Å². The van der Waals surface area contributed by atoms with Gasteiger partial charge < -0.3 is 29.0 Å². The molecule has 2 aromatic carbocycles. The van der Waals surface area contributed by atoms with Crippen molar-refractivity contribution in [2.45, 2.75) is 38.4 Å². The van der Waals surface area contributed by atoms with Crippen molar-refractivity contribution in [3.05, 3.63) is 72.8 Å². The Kier molecular flexibility index (Phi) is 10.1. The van der Waals surface area contributed by atoms with Crippen LogP contribution in [0.3, 0.4) is 0 Å². The number of fused-ring (bicyclic) bond motifs is 1. The zero-order valence-electron chi connectivity index (χ0n) is 22.7. The normalized spacial score (nSPS) is 19.5. The zero-order valence-corrected chi connectivity index (χ0v) is 25.2. The van der Waals surface area contributed by atoms with Crippen molar-refractivity contribution in [1.82, 2.24) is 19.5 Å². The molecule has 0 saturated carbocycles. The molecule has 0 amide bonds. The van der Waals surface area contributed by atoms with Crippen molar-refractivity contribution >= 4 is 46.2 Å². The Hall–Kier alpha value is -2.80. The van der Waals surface area contributed by atoms with Gasteiger partial charge in [-0.3, -0.25) is 4.52 Å². The molecule has 1 fully saturated rings. The van der Waals surface area contributed by atoms with Gasteiger partial charge in [0.2, 0.25) is 0 Å². The number of hydrogen-bond acceptors (Lipinski definition) is 12. The van der Waals surface area contributed by atoms with Crippen molar-refractivity contribution < 1.29 is 27.8 Å². The maximum Gasteiger partial charge on any atom is 0.405 e. The third kappa shape index (κ3) is 7.94. The largest absolute Gasteiger partial charge is 0.497 e. The molecule has 2 aromatic heterocycles. The summed E-state index contributed by atoms with van der Waals surface area (Å²) in [6.45, 7) is 2.65. The Balaban J connectivity index is 1.27. The first-order valence-corrected chi connectivity index (χ1v) is 17.2. The summed E-state index contributed by atoms with van der Waals surface area (Å²) in [4.78, 5) is 12.6. The van der Waals surface area contributed by atoms with Crippen LogP contribution >= 0.6 is 29.2 Å². The molecular weight excluding hydrogens is 585 g/mol. The minimum Gasteiger partial charge on any atom is -0.497 e. The summed E-state index contributed by atoms with van der Waals surface area (Å²) in [7, 11) is 1.21. The van der Waals surface area contributed by atoms with E-state index in [2.05, 4.69) is 15.0 Å². The Bertz CT molecular complexity index is 1480. The van der Waals surface area contributed by atoms with Gasteiger partial charge in [0, 0.05) is 11.5 Å². The second kappa shape index (κ2) is 13.9. The number of benzene rings is 2. The second-order valence-corrected chi connectivity index (χ2v) is 13.8. The van der Waals surface area contributed by atoms with Crippen molar-refractivity contribution in [3.63, 3.8) is 0 Å². The Morgan fingerprint density at radius 3 is 2.63 bits per heavy atom. The molecular formula is C27H32N5O6PS2. The predicted molar refractivity (Wildman–Crippen MR) is 161 cm³/mol. The summed E-state index contributed by atoms with van der Waals surface area (Å²) in [6, 6.07) is 16.7. The summed E-state index contributed by atoms with van der Waals surface area (Å²) >= 11 is 0. The molecule has 0 spiro atoms. The smallest absolute Gasteiger partial charge is 0.405 e. The molecule has 4 aromatic rings. The lowest BCUT2D eigenvalue weighted by atomic mass is 10.2. The number of rotatable bonds is 13. The number of para-hydroxylation sites is 1. The molecule has 4 atom stereocenters. The number of aromatic nitrogens is 4. The number of nitrogen functional groups attached to an aromatic ring is 1. The first-order chi connectivity index (χ1) is 19.9. The lowest BCUT2D eigenvalue weighted by Crippen LogP contribution is -2.38. The summed E-state index contributed by atoms with van der Waals surface area (Å²) < 4.78 is 45.9. The van der Waals surface area contributed by atoms with Gasteiger partial charge in [0.15, 0.2) is 17.8 Å². The van der Waals surface area contributed by atoms with Crippen LogP contribution in [0.15, 0.2) is 67.3 Å². The van der Waals surface area contributed by atoms with Crippen LogP contribution in [0.5, 0.6) is 11.5 Å². The van der Waals surface area contributed by atoms with Gasteiger partial charge in [0.1, 0.15) is 29.4 Å². The van der Waals surface area contributed by atoms with E-state index in [0.717, 1.165) is 11.3 Å². The van der Waals surface area contributed by atoms with Crippen molar-refractivity contribution in [1.29, 1.82) is 0 Å². The standard InChI is InChI=1S/C27H32N5O6PS2/c1-19(12-32-17-31-25-26(28)29-16-30-27(25)32)36-18-39(33,37-21-8-4-3-5-9-21)38-24-15-41-40-14-23(24)35-13-20-7-6-10-22(11-20)34-2/h3-11,16-17,19,23-24H,12-15,18H2,1-2H3,(H2,28,29,30)/t19-,23+,24+,39?/m1/s1. The second-order valence-electron chi connectivity index (χ2n) is 9.36. The highest BCUT2D eigenvalue weighted by Gasteiger charge is 2.38. The number of hydrogen-bond donors (Lipinski definition) is 1. The van der Waals surface area contributed by atoms with Crippen LogP contribution in [-0.4, -0.2) is 62.8 Å². The number of methoxy groups -OCH3 is 1. The zero-order chi connectivity index (χ0) is 28.7.